The zero-order chi connectivity index (χ0) is 14.0. The van der Waals surface area contributed by atoms with Gasteiger partial charge in [0.15, 0.2) is 0 Å². The number of nitrogens with one attached hydrogen (secondary N) is 1. The fourth-order valence-corrected chi connectivity index (χ4v) is 2.98. The predicted octanol–water partition coefficient (Wildman–Crippen LogP) is 4.24. The first kappa shape index (κ1) is 14.6. The molecule has 1 heterocycles. The molecular weight excluding hydrogens is 258 g/mol. The summed E-state index contributed by atoms with van der Waals surface area (Å²) in [6.45, 7) is 8.72. The Kier molecular flexibility index (Phi) is 4.67. The van der Waals surface area contributed by atoms with Gasteiger partial charge >= 0.3 is 0 Å². The first-order valence-electron chi connectivity index (χ1n) is 7.32. The maximum atomic E-state index is 6.19. The molecule has 1 aromatic heterocycles. The number of aryl methyl sites for hydroxylation is 1. The molecule has 0 aromatic carbocycles. The van der Waals surface area contributed by atoms with E-state index in [-0.39, 0.29) is 0 Å². The Morgan fingerprint density at radius 3 is 2.68 bits per heavy atom. The fraction of sp³-hybridized carbons (Fsp3) is 0.733. The average Bonchev–Trinajstić information content (AvgIpc) is 2.39. The third kappa shape index (κ3) is 3.19. The quantitative estimate of drug-likeness (QED) is 0.842. The molecule has 2 rings (SSSR count). The van der Waals surface area contributed by atoms with Crippen molar-refractivity contribution in [3.63, 3.8) is 0 Å². The second-order valence-corrected chi connectivity index (χ2v) is 6.13. The highest BCUT2D eigenvalue weighted by Crippen LogP contribution is 2.32. The van der Waals surface area contributed by atoms with E-state index >= 15 is 0 Å². The lowest BCUT2D eigenvalue weighted by atomic mass is 9.78. The third-order valence-electron chi connectivity index (χ3n) is 4.48. The fourth-order valence-electron chi connectivity index (χ4n) is 2.79. The van der Waals surface area contributed by atoms with Crippen LogP contribution in [0.15, 0.2) is 0 Å². The Morgan fingerprint density at radius 2 is 2.00 bits per heavy atom. The summed E-state index contributed by atoms with van der Waals surface area (Å²) in [5, 5.41) is 4.18. The molecule has 0 amide bonds. The van der Waals surface area contributed by atoms with Crippen molar-refractivity contribution in [2.24, 2.45) is 11.8 Å². The molecule has 1 fully saturated rings. The zero-order valence-corrected chi connectivity index (χ0v) is 13.1. The van der Waals surface area contributed by atoms with E-state index < -0.39 is 0 Å². The molecule has 3 atom stereocenters. The van der Waals surface area contributed by atoms with E-state index in [0.29, 0.717) is 17.1 Å². The number of halogens is 1. The van der Waals surface area contributed by atoms with Crippen molar-refractivity contribution in [1.29, 1.82) is 0 Å². The van der Waals surface area contributed by atoms with Crippen LogP contribution in [0.1, 0.15) is 51.4 Å². The largest absolute Gasteiger partial charge is 0.367 e. The minimum Gasteiger partial charge on any atom is -0.367 e. The normalized spacial score (nSPS) is 27.3. The molecule has 106 valence electrons. The molecule has 1 aliphatic carbocycles. The smallest absolute Gasteiger partial charge is 0.137 e. The Bertz CT molecular complexity index is 447. The standard InChI is InChI=1S/C15H24ClN3/c1-5-13-18-14(16)11(4)15(19-13)17-12-8-6-7-9(2)10(12)3/h9-10,12H,5-8H2,1-4H3,(H,17,18,19). The van der Waals surface area contributed by atoms with Gasteiger partial charge in [0.1, 0.15) is 16.8 Å². The topological polar surface area (TPSA) is 37.8 Å². The molecule has 3 unspecified atom stereocenters. The van der Waals surface area contributed by atoms with Crippen molar-refractivity contribution in [1.82, 2.24) is 9.97 Å². The van der Waals surface area contributed by atoms with Crippen LogP contribution in [0.4, 0.5) is 5.82 Å². The maximum absolute atomic E-state index is 6.19. The minimum absolute atomic E-state index is 0.498. The van der Waals surface area contributed by atoms with E-state index in [9.17, 15) is 0 Å². The van der Waals surface area contributed by atoms with Crippen LogP contribution in [0.3, 0.4) is 0 Å². The van der Waals surface area contributed by atoms with E-state index in [1.54, 1.807) is 0 Å². The van der Waals surface area contributed by atoms with Crippen molar-refractivity contribution < 1.29 is 0 Å². The highest BCUT2D eigenvalue weighted by molar-refractivity contribution is 6.30. The summed E-state index contributed by atoms with van der Waals surface area (Å²) >= 11 is 6.19. The highest BCUT2D eigenvalue weighted by atomic mass is 35.5. The first-order chi connectivity index (χ1) is 9.02. The highest BCUT2D eigenvalue weighted by Gasteiger charge is 2.27. The third-order valence-corrected chi connectivity index (χ3v) is 4.85. The van der Waals surface area contributed by atoms with Crippen LogP contribution in [-0.2, 0) is 6.42 Å². The monoisotopic (exact) mass is 281 g/mol. The molecule has 1 N–H and O–H groups in total. The second-order valence-electron chi connectivity index (χ2n) is 5.78. The predicted molar refractivity (Wildman–Crippen MR) is 80.7 cm³/mol. The molecule has 1 aromatic rings. The van der Waals surface area contributed by atoms with Gasteiger partial charge in [0, 0.05) is 18.0 Å². The lowest BCUT2D eigenvalue weighted by molar-refractivity contribution is 0.252. The first-order valence-corrected chi connectivity index (χ1v) is 7.70. The Labute approximate surface area is 121 Å². The van der Waals surface area contributed by atoms with E-state index in [0.717, 1.165) is 29.5 Å². The van der Waals surface area contributed by atoms with E-state index in [1.165, 1.54) is 19.3 Å². The molecule has 0 bridgehead atoms. The van der Waals surface area contributed by atoms with Gasteiger partial charge in [-0.15, -0.1) is 0 Å². The summed E-state index contributed by atoms with van der Waals surface area (Å²) in [6, 6.07) is 0.498. The molecule has 3 nitrogen and oxygen atoms in total. The number of rotatable bonds is 3. The van der Waals surface area contributed by atoms with Crippen LogP contribution in [0.5, 0.6) is 0 Å². The van der Waals surface area contributed by atoms with Crippen molar-refractivity contribution in [2.75, 3.05) is 5.32 Å². The number of hydrogen-bond acceptors (Lipinski definition) is 3. The number of hydrogen-bond donors (Lipinski definition) is 1. The molecule has 0 spiro atoms. The van der Waals surface area contributed by atoms with Crippen LogP contribution < -0.4 is 5.32 Å². The lowest BCUT2D eigenvalue weighted by Crippen LogP contribution is -2.35. The Balaban J connectivity index is 2.20. The molecule has 0 saturated heterocycles. The molecule has 1 saturated carbocycles. The molecule has 0 aliphatic heterocycles. The van der Waals surface area contributed by atoms with Crippen LogP contribution >= 0.6 is 11.6 Å². The Morgan fingerprint density at radius 1 is 1.26 bits per heavy atom. The number of anilines is 1. The molecule has 1 aliphatic rings. The van der Waals surface area contributed by atoms with Gasteiger partial charge < -0.3 is 5.32 Å². The summed E-state index contributed by atoms with van der Waals surface area (Å²) in [4.78, 5) is 8.89. The van der Waals surface area contributed by atoms with Gasteiger partial charge in [-0.3, -0.25) is 0 Å². The summed E-state index contributed by atoms with van der Waals surface area (Å²) in [7, 11) is 0. The van der Waals surface area contributed by atoms with E-state index in [2.05, 4.69) is 36.1 Å². The Hall–Kier alpha value is -0.830. The van der Waals surface area contributed by atoms with Gasteiger partial charge in [0.25, 0.3) is 0 Å². The summed E-state index contributed by atoms with van der Waals surface area (Å²) in [5.74, 6) is 3.18. The maximum Gasteiger partial charge on any atom is 0.137 e. The van der Waals surface area contributed by atoms with Crippen molar-refractivity contribution in [3.8, 4) is 0 Å². The van der Waals surface area contributed by atoms with Gasteiger partial charge in [-0.2, -0.15) is 0 Å². The van der Waals surface area contributed by atoms with Crippen LogP contribution in [0.25, 0.3) is 0 Å². The van der Waals surface area contributed by atoms with Crippen molar-refractivity contribution >= 4 is 17.4 Å². The zero-order valence-electron chi connectivity index (χ0n) is 12.3. The minimum atomic E-state index is 0.498. The van der Waals surface area contributed by atoms with Crippen LogP contribution in [0, 0.1) is 18.8 Å². The summed E-state index contributed by atoms with van der Waals surface area (Å²) in [5.41, 5.74) is 0.962. The van der Waals surface area contributed by atoms with Gasteiger partial charge in [0.05, 0.1) is 0 Å². The number of aromatic nitrogens is 2. The lowest BCUT2D eigenvalue weighted by Gasteiger charge is -2.35. The molecule has 4 heteroatoms. The summed E-state index contributed by atoms with van der Waals surface area (Å²) in [6.07, 6.45) is 4.66. The van der Waals surface area contributed by atoms with Crippen molar-refractivity contribution in [3.05, 3.63) is 16.5 Å². The van der Waals surface area contributed by atoms with Gasteiger partial charge in [-0.25, -0.2) is 9.97 Å². The molecule has 0 radical (unpaired) electrons. The number of nitrogens with zero attached hydrogens (tertiary/aromatic N) is 2. The van der Waals surface area contributed by atoms with Crippen LogP contribution in [0.2, 0.25) is 5.15 Å². The average molecular weight is 282 g/mol. The molecular formula is C15H24ClN3. The molecule has 19 heavy (non-hydrogen) atoms. The summed E-state index contributed by atoms with van der Waals surface area (Å²) < 4.78 is 0. The second kappa shape index (κ2) is 6.08. The van der Waals surface area contributed by atoms with Gasteiger partial charge in [0.2, 0.25) is 0 Å². The van der Waals surface area contributed by atoms with E-state index in [1.807, 2.05) is 6.92 Å². The van der Waals surface area contributed by atoms with Gasteiger partial charge in [-0.1, -0.05) is 45.2 Å². The van der Waals surface area contributed by atoms with Crippen molar-refractivity contribution in [2.45, 2.75) is 59.4 Å². The SMILES string of the molecule is CCc1nc(Cl)c(C)c(NC2CCCC(C)C2C)n1. The van der Waals surface area contributed by atoms with E-state index in [4.69, 9.17) is 11.6 Å². The van der Waals surface area contributed by atoms with Crippen LogP contribution in [-0.4, -0.2) is 16.0 Å². The van der Waals surface area contributed by atoms with Gasteiger partial charge in [-0.05, 0) is 25.2 Å².